The van der Waals surface area contributed by atoms with Crippen molar-refractivity contribution in [2.75, 3.05) is 6.61 Å². The predicted octanol–water partition coefficient (Wildman–Crippen LogP) is 5.85. The summed E-state index contributed by atoms with van der Waals surface area (Å²) in [5, 5.41) is 0.494. The van der Waals surface area contributed by atoms with Crippen LogP contribution in [0.5, 0.6) is 0 Å². The number of esters is 1. The van der Waals surface area contributed by atoms with Crippen LogP contribution in [0.1, 0.15) is 12.5 Å². The Kier molecular flexibility index (Phi) is 6.69. The third-order valence-electron chi connectivity index (χ3n) is 2.80. The highest BCUT2D eigenvalue weighted by Gasteiger charge is 2.11. The minimum atomic E-state index is -0.387. The molecule has 0 spiro atoms. The van der Waals surface area contributed by atoms with Crippen LogP contribution in [-0.2, 0) is 9.53 Å². The van der Waals surface area contributed by atoms with E-state index in [1.54, 1.807) is 12.1 Å². The van der Waals surface area contributed by atoms with E-state index in [1.807, 2.05) is 24.3 Å². The number of thioether (sulfide) groups is 1. The van der Waals surface area contributed by atoms with Gasteiger partial charge in [0.1, 0.15) is 12.4 Å². The fourth-order valence-electron chi connectivity index (χ4n) is 1.71. The summed E-state index contributed by atoms with van der Waals surface area (Å²) in [6, 6.07) is 13.5. The zero-order chi connectivity index (χ0) is 16.8. The van der Waals surface area contributed by atoms with Crippen LogP contribution in [0.2, 0.25) is 0 Å². The molecule has 0 saturated carbocycles. The molecule has 0 aliphatic heterocycles. The molecule has 0 radical (unpaired) electrons. The second-order valence-corrected chi connectivity index (χ2v) is 7.04. The van der Waals surface area contributed by atoms with Gasteiger partial charge in [-0.3, -0.25) is 4.79 Å². The van der Waals surface area contributed by atoms with Crippen LogP contribution < -0.4 is 0 Å². The Morgan fingerprint density at radius 2 is 1.78 bits per heavy atom. The first-order chi connectivity index (χ1) is 11.0. The van der Waals surface area contributed by atoms with Crippen LogP contribution in [0, 0.1) is 5.82 Å². The summed E-state index contributed by atoms with van der Waals surface area (Å²) in [5.74, 6) is -0.693. The lowest BCUT2D eigenvalue weighted by atomic mass is 10.2. The standard InChI is InChI=1S/C17H13BrClFO2S/c1-11(21)22-10-16(23-15-8-6-14(20)7-9-15)17(19)12-2-4-13(18)5-3-12/h2-9H,10H2,1H3/b17-16+. The van der Waals surface area contributed by atoms with E-state index < -0.39 is 0 Å². The minimum absolute atomic E-state index is 0.0618. The van der Waals surface area contributed by atoms with E-state index in [9.17, 15) is 9.18 Å². The average Bonchev–Trinajstić information content (AvgIpc) is 2.53. The normalized spacial score (nSPS) is 11.8. The Morgan fingerprint density at radius 3 is 2.35 bits per heavy atom. The fourth-order valence-corrected chi connectivity index (χ4v) is 3.15. The summed E-state index contributed by atoms with van der Waals surface area (Å²) in [4.78, 5) is 12.6. The molecule has 2 aromatic rings. The second-order valence-electron chi connectivity index (χ2n) is 4.58. The van der Waals surface area contributed by atoms with Crippen LogP contribution in [-0.4, -0.2) is 12.6 Å². The summed E-state index contributed by atoms with van der Waals surface area (Å²) < 4.78 is 19.0. The number of carbonyl (C=O) groups excluding carboxylic acids is 1. The highest BCUT2D eigenvalue weighted by Crippen LogP contribution is 2.35. The van der Waals surface area contributed by atoms with Gasteiger partial charge < -0.3 is 4.74 Å². The van der Waals surface area contributed by atoms with Crippen LogP contribution in [0.4, 0.5) is 4.39 Å². The Bertz CT molecular complexity index is 714. The van der Waals surface area contributed by atoms with E-state index in [0.29, 0.717) is 9.94 Å². The predicted molar refractivity (Wildman–Crippen MR) is 95.8 cm³/mol. The Hall–Kier alpha value is -1.30. The lowest BCUT2D eigenvalue weighted by Crippen LogP contribution is -2.02. The van der Waals surface area contributed by atoms with E-state index in [0.717, 1.165) is 14.9 Å². The second kappa shape index (κ2) is 8.52. The van der Waals surface area contributed by atoms with Gasteiger partial charge in [-0.2, -0.15) is 0 Å². The van der Waals surface area contributed by atoms with Crippen molar-refractivity contribution in [1.29, 1.82) is 0 Å². The van der Waals surface area contributed by atoms with Crippen molar-refractivity contribution < 1.29 is 13.9 Å². The Balaban J connectivity index is 2.31. The van der Waals surface area contributed by atoms with E-state index in [1.165, 1.54) is 30.8 Å². The number of hydrogen-bond donors (Lipinski definition) is 0. The zero-order valence-corrected chi connectivity index (χ0v) is 15.3. The molecule has 23 heavy (non-hydrogen) atoms. The highest BCUT2D eigenvalue weighted by molar-refractivity contribution is 9.10. The molecule has 0 atom stereocenters. The molecular formula is C17H13BrClFO2S. The largest absolute Gasteiger partial charge is 0.460 e. The topological polar surface area (TPSA) is 26.3 Å². The molecule has 0 saturated heterocycles. The van der Waals surface area contributed by atoms with Crippen molar-refractivity contribution in [3.05, 3.63) is 69.3 Å². The Labute approximate surface area is 151 Å². The van der Waals surface area contributed by atoms with Crippen molar-refractivity contribution >= 4 is 50.3 Å². The third kappa shape index (κ3) is 5.68. The molecule has 0 N–H and O–H groups in total. The van der Waals surface area contributed by atoms with Gasteiger partial charge >= 0.3 is 5.97 Å². The maximum Gasteiger partial charge on any atom is 0.302 e. The summed E-state index contributed by atoms with van der Waals surface area (Å²) >= 11 is 11.2. The van der Waals surface area contributed by atoms with E-state index in [4.69, 9.17) is 16.3 Å². The van der Waals surface area contributed by atoms with E-state index >= 15 is 0 Å². The molecule has 0 aliphatic carbocycles. The van der Waals surface area contributed by atoms with Crippen LogP contribution in [0.25, 0.3) is 5.03 Å². The molecular weight excluding hydrogens is 403 g/mol. The van der Waals surface area contributed by atoms with Crippen molar-refractivity contribution in [1.82, 2.24) is 0 Å². The van der Waals surface area contributed by atoms with E-state index in [-0.39, 0.29) is 18.4 Å². The molecule has 0 heterocycles. The lowest BCUT2D eigenvalue weighted by molar-refractivity contribution is -0.139. The van der Waals surface area contributed by atoms with Crippen LogP contribution in [0.15, 0.2) is 62.8 Å². The van der Waals surface area contributed by atoms with E-state index in [2.05, 4.69) is 15.9 Å². The van der Waals surface area contributed by atoms with Crippen molar-refractivity contribution in [2.45, 2.75) is 11.8 Å². The molecule has 0 amide bonds. The first-order valence-electron chi connectivity index (χ1n) is 6.67. The summed E-state index contributed by atoms with van der Waals surface area (Å²) in [5.41, 5.74) is 0.812. The van der Waals surface area contributed by atoms with Gasteiger partial charge in [-0.05, 0) is 42.0 Å². The summed E-state index contributed by atoms with van der Waals surface area (Å²) in [6.07, 6.45) is 0. The molecule has 120 valence electrons. The maximum atomic E-state index is 13.0. The van der Waals surface area contributed by atoms with Crippen LogP contribution in [0.3, 0.4) is 0 Å². The minimum Gasteiger partial charge on any atom is -0.460 e. The molecule has 2 nitrogen and oxygen atoms in total. The van der Waals surface area contributed by atoms with Gasteiger partial charge in [0.25, 0.3) is 0 Å². The number of hydrogen-bond acceptors (Lipinski definition) is 3. The molecule has 2 rings (SSSR count). The SMILES string of the molecule is CC(=O)OC/C(Sc1ccc(F)cc1)=C(\Cl)c1ccc(Br)cc1. The average molecular weight is 416 g/mol. The number of benzene rings is 2. The number of halogens is 3. The van der Waals surface area contributed by atoms with Gasteiger partial charge in [0, 0.05) is 21.2 Å². The molecule has 0 unspecified atom stereocenters. The third-order valence-corrected chi connectivity index (χ3v) is 4.97. The monoisotopic (exact) mass is 414 g/mol. The van der Waals surface area contributed by atoms with Gasteiger partial charge in [-0.15, -0.1) is 0 Å². The molecule has 2 aromatic carbocycles. The molecule has 0 bridgehead atoms. The maximum absolute atomic E-state index is 13.0. The molecule has 0 aromatic heterocycles. The van der Waals surface area contributed by atoms with Gasteiger partial charge in [0.05, 0.1) is 5.03 Å². The zero-order valence-electron chi connectivity index (χ0n) is 12.2. The van der Waals surface area contributed by atoms with Gasteiger partial charge in [-0.1, -0.05) is 51.4 Å². The van der Waals surface area contributed by atoms with Gasteiger partial charge in [0.15, 0.2) is 0 Å². The number of rotatable bonds is 5. The summed E-state index contributed by atoms with van der Waals surface area (Å²) in [6.45, 7) is 1.40. The number of carbonyl (C=O) groups is 1. The molecule has 0 aliphatic rings. The van der Waals surface area contributed by atoms with Crippen molar-refractivity contribution in [3.63, 3.8) is 0 Å². The highest BCUT2D eigenvalue weighted by atomic mass is 79.9. The fraction of sp³-hybridized carbons (Fsp3) is 0.118. The smallest absolute Gasteiger partial charge is 0.302 e. The molecule has 6 heteroatoms. The van der Waals surface area contributed by atoms with Gasteiger partial charge in [-0.25, -0.2) is 4.39 Å². The van der Waals surface area contributed by atoms with Gasteiger partial charge in [0.2, 0.25) is 0 Å². The number of ether oxygens (including phenoxy) is 1. The molecule has 0 fully saturated rings. The Morgan fingerprint density at radius 1 is 1.17 bits per heavy atom. The van der Waals surface area contributed by atoms with Crippen LogP contribution >= 0.6 is 39.3 Å². The summed E-state index contributed by atoms with van der Waals surface area (Å²) in [7, 11) is 0. The quantitative estimate of drug-likeness (QED) is 0.452. The first kappa shape index (κ1) is 18.0. The van der Waals surface area contributed by atoms with Crippen molar-refractivity contribution in [3.8, 4) is 0 Å². The first-order valence-corrected chi connectivity index (χ1v) is 8.66. The lowest BCUT2D eigenvalue weighted by Gasteiger charge is -2.11. The van der Waals surface area contributed by atoms with Crippen molar-refractivity contribution in [2.24, 2.45) is 0 Å².